The zero-order valence-corrected chi connectivity index (χ0v) is 11.3. The lowest BCUT2D eigenvalue weighted by Gasteiger charge is -2.07. The summed E-state index contributed by atoms with van der Waals surface area (Å²) < 4.78 is 20.6. The summed E-state index contributed by atoms with van der Waals surface area (Å²) in [5, 5.41) is 0. The second-order valence-corrected chi connectivity index (χ2v) is 4.59. The van der Waals surface area contributed by atoms with Gasteiger partial charge in [-0.05, 0) is 18.2 Å². The summed E-state index contributed by atoms with van der Waals surface area (Å²) >= 11 is 0. The zero-order valence-electron chi connectivity index (χ0n) is 11.3. The van der Waals surface area contributed by atoms with Gasteiger partial charge in [-0.1, -0.05) is 0 Å². The third kappa shape index (κ3) is 2.84. The summed E-state index contributed by atoms with van der Waals surface area (Å²) in [6, 6.07) is 7.71. The largest absolute Gasteiger partial charge is 0.457 e. The van der Waals surface area contributed by atoms with Gasteiger partial charge in [-0.2, -0.15) is 0 Å². The Morgan fingerprint density at radius 1 is 1.10 bits per heavy atom. The Labute approximate surface area is 120 Å². The van der Waals surface area contributed by atoms with E-state index in [-0.39, 0.29) is 5.69 Å². The molecule has 1 aromatic carbocycles. The minimum absolute atomic E-state index is 0.0477. The predicted molar refractivity (Wildman–Crippen MR) is 77.3 cm³/mol. The first-order valence-corrected chi connectivity index (χ1v) is 6.29. The van der Waals surface area contributed by atoms with Gasteiger partial charge in [-0.15, -0.1) is 0 Å². The summed E-state index contributed by atoms with van der Waals surface area (Å²) in [6.45, 7) is 0. The maximum absolute atomic E-state index is 13.1. The van der Waals surface area contributed by atoms with Crippen LogP contribution in [0.5, 0.6) is 11.5 Å². The molecule has 0 saturated carbocycles. The molecule has 0 fully saturated rings. The highest BCUT2D eigenvalue weighted by atomic mass is 19.1. The van der Waals surface area contributed by atoms with Crippen LogP contribution in [0.2, 0.25) is 0 Å². The van der Waals surface area contributed by atoms with Crippen molar-refractivity contribution in [3.05, 3.63) is 54.9 Å². The van der Waals surface area contributed by atoms with Crippen LogP contribution >= 0.6 is 0 Å². The van der Waals surface area contributed by atoms with Crippen molar-refractivity contribution in [2.45, 2.75) is 0 Å². The van der Waals surface area contributed by atoms with Crippen LogP contribution in [0, 0.1) is 5.82 Å². The van der Waals surface area contributed by atoms with E-state index in [4.69, 9.17) is 10.5 Å². The van der Waals surface area contributed by atoms with Crippen molar-refractivity contribution in [2.75, 3.05) is 5.73 Å². The number of anilines is 1. The van der Waals surface area contributed by atoms with Gasteiger partial charge in [0, 0.05) is 31.6 Å². The summed E-state index contributed by atoms with van der Waals surface area (Å²) in [7, 11) is 1.89. The minimum atomic E-state index is -0.466. The fraction of sp³-hybridized carbons (Fsp3) is 0.0667. The van der Waals surface area contributed by atoms with E-state index in [2.05, 4.69) is 9.97 Å². The van der Waals surface area contributed by atoms with Crippen molar-refractivity contribution < 1.29 is 9.13 Å². The number of benzene rings is 1. The monoisotopic (exact) mass is 284 g/mol. The highest BCUT2D eigenvalue weighted by molar-refractivity contribution is 5.55. The molecule has 2 heterocycles. The van der Waals surface area contributed by atoms with Gasteiger partial charge in [0.15, 0.2) is 0 Å². The number of nitrogen functional groups attached to an aromatic ring is 1. The average Bonchev–Trinajstić information content (AvgIpc) is 2.90. The van der Waals surface area contributed by atoms with Crippen molar-refractivity contribution in [2.24, 2.45) is 7.05 Å². The lowest BCUT2D eigenvalue weighted by atomic mass is 10.2. The number of hydrogen-bond acceptors (Lipinski definition) is 4. The Bertz CT molecular complexity index is 785. The Hall–Kier alpha value is -2.89. The molecule has 0 bridgehead atoms. The number of aryl methyl sites for hydroxylation is 1. The number of hydrogen-bond donors (Lipinski definition) is 1. The van der Waals surface area contributed by atoms with Gasteiger partial charge >= 0.3 is 0 Å². The molecule has 3 rings (SSSR count). The fourth-order valence-electron chi connectivity index (χ4n) is 1.88. The maximum atomic E-state index is 13.1. The van der Waals surface area contributed by atoms with Crippen LogP contribution in [-0.2, 0) is 7.05 Å². The molecule has 0 aliphatic carbocycles. The summed E-state index contributed by atoms with van der Waals surface area (Å²) in [4.78, 5) is 8.49. The van der Waals surface area contributed by atoms with E-state index in [9.17, 15) is 4.39 Å². The highest BCUT2D eigenvalue weighted by Crippen LogP contribution is 2.26. The summed E-state index contributed by atoms with van der Waals surface area (Å²) in [5.41, 5.74) is 7.01. The molecule has 0 aliphatic heterocycles. The fourth-order valence-corrected chi connectivity index (χ4v) is 1.88. The predicted octanol–water partition coefficient (Wildman–Crippen LogP) is 3.00. The number of nitrogens with two attached hydrogens (primary N) is 1. The first-order valence-electron chi connectivity index (χ1n) is 6.29. The van der Waals surface area contributed by atoms with Crippen molar-refractivity contribution in [1.82, 2.24) is 14.5 Å². The number of halogens is 1. The summed E-state index contributed by atoms with van der Waals surface area (Å²) in [6.07, 6.45) is 5.19. The van der Waals surface area contributed by atoms with Crippen LogP contribution in [-0.4, -0.2) is 14.5 Å². The normalized spacial score (nSPS) is 10.6. The van der Waals surface area contributed by atoms with E-state index in [0.717, 1.165) is 5.69 Å². The third-order valence-electron chi connectivity index (χ3n) is 2.90. The summed E-state index contributed by atoms with van der Waals surface area (Å²) in [5.74, 6) is 0.579. The number of nitrogens with zero attached hydrogens (tertiary/aromatic N) is 3. The van der Waals surface area contributed by atoms with Crippen LogP contribution in [0.25, 0.3) is 11.4 Å². The van der Waals surface area contributed by atoms with Gasteiger partial charge in [-0.25, -0.2) is 9.37 Å². The average molecular weight is 284 g/mol. The van der Waals surface area contributed by atoms with Crippen molar-refractivity contribution in [3.8, 4) is 22.9 Å². The molecular weight excluding hydrogens is 271 g/mol. The smallest absolute Gasteiger partial charge is 0.146 e. The van der Waals surface area contributed by atoms with Crippen LogP contribution < -0.4 is 10.5 Å². The lowest BCUT2D eigenvalue weighted by molar-refractivity contribution is 0.480. The van der Waals surface area contributed by atoms with Crippen molar-refractivity contribution >= 4 is 5.69 Å². The number of pyridine rings is 1. The molecule has 2 N–H and O–H groups in total. The Kier molecular flexibility index (Phi) is 3.27. The molecule has 0 saturated heterocycles. The van der Waals surface area contributed by atoms with E-state index >= 15 is 0 Å². The number of rotatable bonds is 3. The molecule has 0 atom stereocenters. The van der Waals surface area contributed by atoms with E-state index in [1.807, 2.05) is 17.8 Å². The molecule has 0 unspecified atom stereocenters. The molecule has 5 nitrogen and oxygen atoms in total. The first-order chi connectivity index (χ1) is 10.1. The standard InChI is InChI=1S/C15H13FN4O/c1-20-8-15(19-9-20)14-7-11(4-5-18-14)21-10-2-3-12(16)13(17)6-10/h2-9H,17H2,1H3. The highest BCUT2D eigenvalue weighted by Gasteiger charge is 2.06. The number of ether oxygens (including phenoxy) is 1. The van der Waals surface area contributed by atoms with Gasteiger partial charge in [0.05, 0.1) is 17.7 Å². The lowest BCUT2D eigenvalue weighted by Crippen LogP contribution is -1.92. The van der Waals surface area contributed by atoms with Gasteiger partial charge < -0.3 is 15.0 Å². The molecular formula is C15H13FN4O. The zero-order chi connectivity index (χ0) is 14.8. The number of imidazole rings is 1. The van der Waals surface area contributed by atoms with E-state index in [1.54, 1.807) is 24.7 Å². The quantitative estimate of drug-likeness (QED) is 0.751. The maximum Gasteiger partial charge on any atom is 0.146 e. The molecule has 21 heavy (non-hydrogen) atoms. The van der Waals surface area contributed by atoms with Crippen LogP contribution in [0.15, 0.2) is 49.1 Å². The van der Waals surface area contributed by atoms with Crippen LogP contribution in [0.4, 0.5) is 10.1 Å². The first kappa shape index (κ1) is 13.1. The van der Waals surface area contributed by atoms with E-state index in [0.29, 0.717) is 17.2 Å². The Morgan fingerprint density at radius 2 is 1.90 bits per heavy atom. The molecule has 106 valence electrons. The minimum Gasteiger partial charge on any atom is -0.457 e. The van der Waals surface area contributed by atoms with Gasteiger partial charge in [0.1, 0.15) is 23.0 Å². The molecule has 0 aliphatic rings. The van der Waals surface area contributed by atoms with Gasteiger partial charge in [0.25, 0.3) is 0 Å². The molecule has 0 spiro atoms. The molecule has 2 aromatic heterocycles. The molecule has 6 heteroatoms. The molecule has 0 amide bonds. The van der Waals surface area contributed by atoms with Crippen molar-refractivity contribution in [1.29, 1.82) is 0 Å². The van der Waals surface area contributed by atoms with Gasteiger partial charge in [0.2, 0.25) is 0 Å². The molecule has 0 radical (unpaired) electrons. The topological polar surface area (TPSA) is 66.0 Å². The van der Waals surface area contributed by atoms with Crippen LogP contribution in [0.1, 0.15) is 0 Å². The van der Waals surface area contributed by atoms with Gasteiger partial charge in [-0.3, -0.25) is 4.98 Å². The third-order valence-corrected chi connectivity index (χ3v) is 2.90. The number of aromatic nitrogens is 3. The Balaban J connectivity index is 1.87. The van der Waals surface area contributed by atoms with Crippen LogP contribution in [0.3, 0.4) is 0 Å². The molecule has 3 aromatic rings. The second-order valence-electron chi connectivity index (χ2n) is 4.59. The second kappa shape index (κ2) is 5.24. The van der Waals surface area contributed by atoms with E-state index < -0.39 is 5.82 Å². The Morgan fingerprint density at radius 3 is 2.62 bits per heavy atom. The van der Waals surface area contributed by atoms with E-state index in [1.165, 1.54) is 18.2 Å². The van der Waals surface area contributed by atoms with Crippen molar-refractivity contribution in [3.63, 3.8) is 0 Å². The SMILES string of the molecule is Cn1cnc(-c2cc(Oc3ccc(F)c(N)c3)ccn2)c1.